The van der Waals surface area contributed by atoms with Crippen molar-refractivity contribution in [1.29, 1.82) is 0 Å². The summed E-state index contributed by atoms with van der Waals surface area (Å²) in [6.07, 6.45) is 2.92. The first-order valence-corrected chi connectivity index (χ1v) is 7.02. The van der Waals surface area contributed by atoms with Crippen molar-refractivity contribution in [3.63, 3.8) is 0 Å². The van der Waals surface area contributed by atoms with Crippen LogP contribution in [0, 0.1) is 11.6 Å². The fourth-order valence-corrected chi connectivity index (χ4v) is 2.58. The van der Waals surface area contributed by atoms with Crippen molar-refractivity contribution in [2.24, 2.45) is 0 Å². The Morgan fingerprint density at radius 3 is 2.50 bits per heavy atom. The third-order valence-electron chi connectivity index (χ3n) is 3.87. The molecule has 20 heavy (non-hydrogen) atoms. The van der Waals surface area contributed by atoms with Crippen molar-refractivity contribution < 1.29 is 18.3 Å². The predicted molar refractivity (Wildman–Crippen MR) is 68.9 cm³/mol. The molecule has 0 spiro atoms. The van der Waals surface area contributed by atoms with E-state index in [1.54, 1.807) is 4.90 Å². The molecule has 1 aromatic rings. The highest BCUT2D eigenvalue weighted by Crippen LogP contribution is 2.31. The molecule has 2 aliphatic rings. The first kappa shape index (κ1) is 13.5. The van der Waals surface area contributed by atoms with Crippen molar-refractivity contribution in [1.82, 2.24) is 4.90 Å². The zero-order chi connectivity index (χ0) is 14.1. The lowest BCUT2D eigenvalue weighted by Gasteiger charge is -2.25. The van der Waals surface area contributed by atoms with Crippen molar-refractivity contribution in [3.8, 4) is 0 Å². The number of carbonyl (C=O) groups is 1. The molecule has 1 unspecified atom stereocenters. The molecule has 3 rings (SSSR count). The summed E-state index contributed by atoms with van der Waals surface area (Å²) < 4.78 is 32.8. The molecule has 5 heteroatoms. The minimum absolute atomic E-state index is 0.0120. The van der Waals surface area contributed by atoms with Gasteiger partial charge in [-0.1, -0.05) is 6.07 Å². The monoisotopic (exact) mass is 281 g/mol. The fraction of sp³-hybridized carbons (Fsp3) is 0.533. The Morgan fingerprint density at radius 1 is 1.25 bits per heavy atom. The van der Waals surface area contributed by atoms with E-state index in [4.69, 9.17) is 4.74 Å². The number of carbonyl (C=O) groups excluding carboxylic acids is 1. The number of rotatable bonds is 4. The average molecular weight is 281 g/mol. The summed E-state index contributed by atoms with van der Waals surface area (Å²) in [5.41, 5.74) is -0.0363. The van der Waals surface area contributed by atoms with Crippen molar-refractivity contribution in [2.45, 2.75) is 44.4 Å². The van der Waals surface area contributed by atoms with E-state index >= 15 is 0 Å². The molecule has 3 nitrogen and oxygen atoms in total. The maximum Gasteiger partial charge on any atom is 0.252 e. The molecule has 1 atom stereocenters. The minimum atomic E-state index is -0.601. The molecule has 2 fully saturated rings. The van der Waals surface area contributed by atoms with Crippen LogP contribution in [0.5, 0.6) is 0 Å². The molecule has 0 N–H and O–H groups in total. The van der Waals surface area contributed by atoms with Crippen LogP contribution < -0.4 is 0 Å². The van der Waals surface area contributed by atoms with Crippen LogP contribution in [0.3, 0.4) is 0 Å². The molecular weight excluding hydrogens is 264 g/mol. The average Bonchev–Trinajstić information content (AvgIpc) is 3.11. The highest BCUT2D eigenvalue weighted by atomic mass is 19.1. The molecule has 1 amide bonds. The molecule has 1 aliphatic carbocycles. The molecule has 1 saturated heterocycles. The smallest absolute Gasteiger partial charge is 0.252 e. The fourth-order valence-electron chi connectivity index (χ4n) is 2.58. The normalized spacial score (nSPS) is 22.0. The number of ether oxygens (including phenoxy) is 1. The van der Waals surface area contributed by atoms with Crippen molar-refractivity contribution in [3.05, 3.63) is 35.4 Å². The van der Waals surface area contributed by atoms with E-state index in [2.05, 4.69) is 0 Å². The van der Waals surface area contributed by atoms with E-state index in [0.29, 0.717) is 13.0 Å². The number of hydrogen-bond donors (Lipinski definition) is 0. The first-order valence-electron chi connectivity index (χ1n) is 7.02. The molecule has 1 aliphatic heterocycles. The van der Waals surface area contributed by atoms with Gasteiger partial charge in [0.1, 0.15) is 17.7 Å². The Morgan fingerprint density at radius 2 is 1.95 bits per heavy atom. The third kappa shape index (κ3) is 2.68. The minimum Gasteiger partial charge on any atom is -0.368 e. The molecule has 0 radical (unpaired) electrons. The Bertz CT molecular complexity index is 490. The van der Waals surface area contributed by atoms with E-state index in [1.807, 2.05) is 0 Å². The van der Waals surface area contributed by atoms with Gasteiger partial charge in [-0.3, -0.25) is 4.79 Å². The SMILES string of the molecule is O=C(C1CCCO1)N(Cc1c(F)cccc1F)C1CC1. The van der Waals surface area contributed by atoms with Crippen LogP contribution in [-0.4, -0.2) is 29.6 Å². The lowest BCUT2D eigenvalue weighted by molar-refractivity contribution is -0.142. The standard InChI is InChI=1S/C15H17F2NO2/c16-12-3-1-4-13(17)11(12)9-18(10-6-7-10)15(19)14-5-2-8-20-14/h1,3-4,10,14H,2,5-9H2. The second kappa shape index (κ2) is 5.48. The van der Waals surface area contributed by atoms with Crippen LogP contribution in [0.4, 0.5) is 8.78 Å². The van der Waals surface area contributed by atoms with Gasteiger partial charge < -0.3 is 9.64 Å². The lowest BCUT2D eigenvalue weighted by atomic mass is 10.1. The maximum absolute atomic E-state index is 13.7. The summed E-state index contributed by atoms with van der Waals surface area (Å²) in [7, 11) is 0. The summed E-state index contributed by atoms with van der Waals surface area (Å²) in [4.78, 5) is 14.0. The quantitative estimate of drug-likeness (QED) is 0.849. The summed E-state index contributed by atoms with van der Waals surface area (Å²) >= 11 is 0. The van der Waals surface area contributed by atoms with Gasteiger partial charge in [0.25, 0.3) is 5.91 Å². The largest absolute Gasteiger partial charge is 0.368 e. The second-order valence-corrected chi connectivity index (χ2v) is 5.40. The third-order valence-corrected chi connectivity index (χ3v) is 3.87. The summed E-state index contributed by atoms with van der Waals surface area (Å²) in [5.74, 6) is -1.33. The van der Waals surface area contributed by atoms with Crippen LogP contribution in [0.25, 0.3) is 0 Å². The summed E-state index contributed by atoms with van der Waals surface area (Å²) in [6, 6.07) is 3.88. The van der Waals surface area contributed by atoms with E-state index in [9.17, 15) is 13.6 Å². The van der Waals surface area contributed by atoms with Gasteiger partial charge in [0.15, 0.2) is 0 Å². The van der Waals surface area contributed by atoms with Crippen molar-refractivity contribution in [2.75, 3.05) is 6.61 Å². The Hall–Kier alpha value is -1.49. The van der Waals surface area contributed by atoms with Crippen LogP contribution in [0.15, 0.2) is 18.2 Å². The lowest BCUT2D eigenvalue weighted by Crippen LogP contribution is -2.40. The van der Waals surface area contributed by atoms with Gasteiger partial charge in [0.2, 0.25) is 0 Å². The summed E-state index contributed by atoms with van der Waals surface area (Å²) in [5, 5.41) is 0. The topological polar surface area (TPSA) is 29.5 Å². The van der Waals surface area contributed by atoms with Gasteiger partial charge in [0.05, 0.1) is 6.54 Å². The van der Waals surface area contributed by atoms with Crippen LogP contribution in [0.1, 0.15) is 31.2 Å². The van der Waals surface area contributed by atoms with Crippen LogP contribution >= 0.6 is 0 Å². The van der Waals surface area contributed by atoms with Gasteiger partial charge in [-0.15, -0.1) is 0 Å². The van der Waals surface area contributed by atoms with E-state index in [1.165, 1.54) is 18.2 Å². The highest BCUT2D eigenvalue weighted by Gasteiger charge is 2.38. The van der Waals surface area contributed by atoms with E-state index in [0.717, 1.165) is 19.3 Å². The maximum atomic E-state index is 13.7. The Labute approximate surface area is 116 Å². The van der Waals surface area contributed by atoms with Gasteiger partial charge in [0, 0.05) is 18.2 Å². The number of nitrogens with zero attached hydrogens (tertiary/aromatic N) is 1. The molecule has 1 aromatic carbocycles. The van der Waals surface area contributed by atoms with E-state index < -0.39 is 17.7 Å². The zero-order valence-corrected chi connectivity index (χ0v) is 11.1. The molecule has 0 aromatic heterocycles. The number of amides is 1. The van der Waals surface area contributed by atoms with Gasteiger partial charge in [-0.25, -0.2) is 8.78 Å². The first-order chi connectivity index (χ1) is 9.66. The van der Waals surface area contributed by atoms with Crippen LogP contribution in [0.2, 0.25) is 0 Å². The molecule has 1 saturated carbocycles. The number of halogens is 2. The molecule has 0 bridgehead atoms. The van der Waals surface area contributed by atoms with Crippen LogP contribution in [-0.2, 0) is 16.1 Å². The Kier molecular flexibility index (Phi) is 3.70. The van der Waals surface area contributed by atoms with Crippen molar-refractivity contribution >= 4 is 5.91 Å². The number of benzene rings is 1. The predicted octanol–water partition coefficient (Wildman–Crippen LogP) is 2.63. The van der Waals surface area contributed by atoms with Gasteiger partial charge >= 0.3 is 0 Å². The number of hydrogen-bond acceptors (Lipinski definition) is 2. The molecular formula is C15H17F2NO2. The van der Waals surface area contributed by atoms with Gasteiger partial charge in [-0.05, 0) is 37.8 Å². The summed E-state index contributed by atoms with van der Waals surface area (Å²) in [6.45, 7) is 0.574. The zero-order valence-electron chi connectivity index (χ0n) is 11.1. The second-order valence-electron chi connectivity index (χ2n) is 5.40. The molecule has 1 heterocycles. The molecule has 108 valence electrons. The van der Waals surface area contributed by atoms with Gasteiger partial charge in [-0.2, -0.15) is 0 Å². The highest BCUT2D eigenvalue weighted by molar-refractivity contribution is 5.81. The van der Waals surface area contributed by atoms with E-state index in [-0.39, 0.29) is 24.1 Å². The Balaban J connectivity index is 1.79.